The van der Waals surface area contributed by atoms with Crippen molar-refractivity contribution in [3.63, 3.8) is 0 Å². The largest absolute Gasteiger partial charge is 0.466 e. The molecule has 1 aliphatic heterocycles. The van der Waals surface area contributed by atoms with Crippen LogP contribution < -0.4 is 4.90 Å². The van der Waals surface area contributed by atoms with Crippen LogP contribution in [-0.2, 0) is 19.7 Å². The maximum Gasteiger partial charge on any atom is 0.335 e. The van der Waals surface area contributed by atoms with Crippen LogP contribution in [0, 0.1) is 0 Å². The van der Waals surface area contributed by atoms with E-state index in [4.69, 9.17) is 4.74 Å². The van der Waals surface area contributed by atoms with Crippen LogP contribution in [0.2, 0.25) is 0 Å². The van der Waals surface area contributed by atoms with Crippen LogP contribution in [0.3, 0.4) is 0 Å². The van der Waals surface area contributed by atoms with E-state index < -0.39 is 17.4 Å². The van der Waals surface area contributed by atoms with Crippen molar-refractivity contribution in [3.8, 4) is 0 Å². The highest BCUT2D eigenvalue weighted by molar-refractivity contribution is 6.09. The topological polar surface area (TPSA) is 46.6 Å². The Bertz CT molecular complexity index is 839. The molecule has 0 aromatic heterocycles. The highest BCUT2D eigenvalue weighted by atomic mass is 16.5. The van der Waals surface area contributed by atoms with E-state index in [0.29, 0.717) is 0 Å². The molecule has 1 atom stereocenters. The van der Waals surface area contributed by atoms with E-state index in [1.807, 2.05) is 68.4 Å². The molecule has 1 amide bonds. The van der Waals surface area contributed by atoms with Gasteiger partial charge in [0.2, 0.25) is 5.91 Å². The molecule has 1 aliphatic rings. The Morgan fingerprint density at radius 1 is 1.08 bits per heavy atom. The number of rotatable bonds is 4. The number of carbonyl (C=O) groups excluding carboxylic acids is 2. The van der Waals surface area contributed by atoms with E-state index in [2.05, 4.69) is 6.58 Å². The van der Waals surface area contributed by atoms with Gasteiger partial charge in [0.05, 0.1) is 24.1 Å². The van der Waals surface area contributed by atoms with E-state index in [1.54, 1.807) is 4.90 Å². The summed E-state index contributed by atoms with van der Waals surface area (Å²) in [6, 6.07) is 16.5. The number of amides is 1. The third-order valence-electron chi connectivity index (χ3n) is 4.74. The summed E-state index contributed by atoms with van der Waals surface area (Å²) in [4.78, 5) is 27.1. The van der Waals surface area contributed by atoms with Crippen LogP contribution in [0.4, 0.5) is 5.69 Å². The monoisotopic (exact) mass is 335 g/mol. The highest BCUT2D eigenvalue weighted by Crippen LogP contribution is 2.46. The Hall–Kier alpha value is -2.88. The fraction of sp³-hybridized carbons (Fsp3) is 0.238. The van der Waals surface area contributed by atoms with Gasteiger partial charge in [-0.15, -0.1) is 0 Å². The van der Waals surface area contributed by atoms with Gasteiger partial charge in [-0.3, -0.25) is 9.69 Å². The van der Waals surface area contributed by atoms with E-state index in [-0.39, 0.29) is 11.5 Å². The van der Waals surface area contributed by atoms with Crippen molar-refractivity contribution in [1.29, 1.82) is 0 Å². The average Bonchev–Trinajstić information content (AvgIpc) is 2.83. The molecule has 0 spiro atoms. The second kappa shape index (κ2) is 6.20. The second-order valence-electron chi connectivity index (χ2n) is 6.65. The lowest BCUT2D eigenvalue weighted by Crippen LogP contribution is -2.40. The van der Waals surface area contributed by atoms with E-state index in [1.165, 1.54) is 7.11 Å². The maximum absolute atomic E-state index is 13.2. The first-order valence-electron chi connectivity index (χ1n) is 8.14. The Morgan fingerprint density at radius 2 is 1.68 bits per heavy atom. The predicted octanol–water partition coefficient (Wildman–Crippen LogP) is 3.78. The van der Waals surface area contributed by atoms with Gasteiger partial charge in [0.1, 0.15) is 0 Å². The number of nitrogens with zero attached hydrogens (tertiary/aromatic N) is 1. The SMILES string of the molecule is C=C(C(=O)OC)C(c1ccccc1)N1C(=O)C(C)(C)c2ccccc21. The van der Waals surface area contributed by atoms with Crippen molar-refractivity contribution in [1.82, 2.24) is 0 Å². The molecule has 0 bridgehead atoms. The normalized spacial score (nSPS) is 16.3. The molecule has 0 saturated carbocycles. The predicted molar refractivity (Wildman–Crippen MR) is 97.3 cm³/mol. The number of anilines is 1. The molecule has 2 aromatic carbocycles. The van der Waals surface area contributed by atoms with Gasteiger partial charge in [0, 0.05) is 5.69 Å². The molecule has 0 aliphatic carbocycles. The van der Waals surface area contributed by atoms with Crippen LogP contribution in [-0.4, -0.2) is 19.0 Å². The zero-order valence-corrected chi connectivity index (χ0v) is 14.7. The van der Waals surface area contributed by atoms with Gasteiger partial charge in [0.15, 0.2) is 0 Å². The third kappa shape index (κ3) is 2.64. The molecular weight excluding hydrogens is 314 g/mol. The summed E-state index contributed by atoms with van der Waals surface area (Å²) < 4.78 is 4.87. The Kier molecular flexibility index (Phi) is 4.21. The lowest BCUT2D eigenvalue weighted by molar-refractivity contribution is -0.136. The number of para-hydroxylation sites is 1. The summed E-state index contributed by atoms with van der Waals surface area (Å²) >= 11 is 0. The molecule has 0 N–H and O–H groups in total. The fourth-order valence-electron chi connectivity index (χ4n) is 3.38. The Balaban J connectivity index is 2.19. The van der Waals surface area contributed by atoms with Gasteiger partial charge in [-0.25, -0.2) is 4.79 Å². The van der Waals surface area contributed by atoms with Gasteiger partial charge in [0.25, 0.3) is 0 Å². The summed E-state index contributed by atoms with van der Waals surface area (Å²) in [5.74, 6) is -0.587. The lowest BCUT2D eigenvalue weighted by atomic mass is 9.86. The minimum Gasteiger partial charge on any atom is -0.466 e. The van der Waals surface area contributed by atoms with Crippen molar-refractivity contribution in [2.24, 2.45) is 0 Å². The quantitative estimate of drug-likeness (QED) is 0.631. The van der Waals surface area contributed by atoms with Crippen LogP contribution in [0.25, 0.3) is 0 Å². The summed E-state index contributed by atoms with van der Waals surface area (Å²) in [7, 11) is 1.32. The van der Waals surface area contributed by atoms with Crippen LogP contribution >= 0.6 is 0 Å². The highest BCUT2D eigenvalue weighted by Gasteiger charge is 2.47. The minimum atomic E-state index is -0.667. The van der Waals surface area contributed by atoms with E-state index in [0.717, 1.165) is 16.8 Å². The zero-order chi connectivity index (χ0) is 18.2. The zero-order valence-electron chi connectivity index (χ0n) is 14.7. The standard InChI is InChI=1S/C21H21NO3/c1-14(19(23)25-4)18(15-10-6-5-7-11-15)22-17-13-9-8-12-16(17)21(2,3)20(22)24/h5-13,18H,1H2,2-4H3. The van der Waals surface area contributed by atoms with Gasteiger partial charge < -0.3 is 4.74 Å². The van der Waals surface area contributed by atoms with E-state index in [9.17, 15) is 9.59 Å². The molecule has 1 unspecified atom stereocenters. The number of methoxy groups -OCH3 is 1. The van der Waals surface area contributed by atoms with Crippen LogP contribution in [0.1, 0.15) is 31.0 Å². The molecule has 0 saturated heterocycles. The number of carbonyl (C=O) groups is 2. The average molecular weight is 335 g/mol. The molecular formula is C21H21NO3. The van der Waals surface area contributed by atoms with Crippen molar-refractivity contribution in [3.05, 3.63) is 77.9 Å². The number of hydrogen-bond acceptors (Lipinski definition) is 3. The molecule has 3 rings (SSSR count). The molecule has 25 heavy (non-hydrogen) atoms. The maximum atomic E-state index is 13.2. The molecule has 2 aromatic rings. The van der Waals surface area contributed by atoms with Gasteiger partial charge >= 0.3 is 5.97 Å². The smallest absolute Gasteiger partial charge is 0.335 e. The number of hydrogen-bond donors (Lipinski definition) is 0. The summed E-state index contributed by atoms with van der Waals surface area (Å²) in [5.41, 5.74) is 2.13. The molecule has 128 valence electrons. The molecule has 1 heterocycles. The number of fused-ring (bicyclic) bond motifs is 1. The molecule has 0 fully saturated rings. The molecule has 0 radical (unpaired) electrons. The number of esters is 1. The van der Waals surface area contributed by atoms with Gasteiger partial charge in [-0.2, -0.15) is 0 Å². The number of benzene rings is 2. The first kappa shape index (κ1) is 17.0. The summed E-state index contributed by atoms with van der Waals surface area (Å²) in [6.07, 6.45) is 0. The number of ether oxygens (including phenoxy) is 1. The van der Waals surface area contributed by atoms with Crippen LogP contribution in [0.5, 0.6) is 0 Å². The van der Waals surface area contributed by atoms with Crippen LogP contribution in [0.15, 0.2) is 66.7 Å². The fourth-order valence-corrected chi connectivity index (χ4v) is 3.38. The minimum absolute atomic E-state index is 0.0624. The van der Waals surface area contributed by atoms with Crippen molar-refractivity contribution < 1.29 is 14.3 Å². The van der Waals surface area contributed by atoms with Crippen molar-refractivity contribution in [2.75, 3.05) is 12.0 Å². The second-order valence-corrected chi connectivity index (χ2v) is 6.65. The van der Waals surface area contributed by atoms with Gasteiger partial charge in [-0.05, 0) is 31.0 Å². The van der Waals surface area contributed by atoms with E-state index >= 15 is 0 Å². The Morgan fingerprint density at radius 3 is 2.32 bits per heavy atom. The van der Waals surface area contributed by atoms with Gasteiger partial charge in [-0.1, -0.05) is 55.1 Å². The molecule has 4 heteroatoms. The van der Waals surface area contributed by atoms with Crippen molar-refractivity contribution >= 4 is 17.6 Å². The first-order valence-corrected chi connectivity index (χ1v) is 8.14. The molecule has 4 nitrogen and oxygen atoms in total. The third-order valence-corrected chi connectivity index (χ3v) is 4.74. The summed E-state index contributed by atoms with van der Waals surface area (Å²) in [5, 5.41) is 0. The first-order chi connectivity index (χ1) is 11.9. The Labute approximate surface area is 147 Å². The lowest BCUT2D eigenvalue weighted by Gasteiger charge is -2.31. The summed E-state index contributed by atoms with van der Waals surface area (Å²) in [6.45, 7) is 7.73. The van der Waals surface area contributed by atoms with Crippen molar-refractivity contribution in [2.45, 2.75) is 25.3 Å².